The zero-order chi connectivity index (χ0) is 30.7. The minimum absolute atomic E-state index is 0.0415. The van der Waals surface area contributed by atoms with Crippen molar-refractivity contribution in [2.24, 2.45) is 0 Å². The van der Waals surface area contributed by atoms with Gasteiger partial charge in [-0.15, -0.1) is 0 Å². The van der Waals surface area contributed by atoms with Crippen molar-refractivity contribution in [3.05, 3.63) is 119 Å². The van der Waals surface area contributed by atoms with E-state index in [2.05, 4.69) is 72.8 Å². The van der Waals surface area contributed by atoms with Gasteiger partial charge in [0.05, 0.1) is 25.2 Å². The number of benzene rings is 4. The third kappa shape index (κ3) is 5.37. The lowest BCUT2D eigenvalue weighted by molar-refractivity contribution is -0.301. The fourth-order valence-electron chi connectivity index (χ4n) is 6.32. The van der Waals surface area contributed by atoms with Crippen molar-refractivity contribution in [3.63, 3.8) is 0 Å². The molecule has 0 aromatic heterocycles. The van der Waals surface area contributed by atoms with Crippen molar-refractivity contribution in [2.45, 2.75) is 36.1 Å². The molecule has 4 aromatic carbocycles. The second-order valence-electron chi connectivity index (χ2n) is 10.9. The molecule has 1 aliphatic heterocycles. The first-order valence-corrected chi connectivity index (χ1v) is 14.7. The monoisotopic (exact) mass is 600 g/mol. The van der Waals surface area contributed by atoms with Gasteiger partial charge in [-0.1, -0.05) is 72.8 Å². The van der Waals surface area contributed by atoms with E-state index in [4.69, 9.17) is 18.9 Å². The third-order valence-corrected chi connectivity index (χ3v) is 8.37. The van der Waals surface area contributed by atoms with E-state index in [0.29, 0.717) is 11.5 Å². The van der Waals surface area contributed by atoms with Crippen LogP contribution in [0.3, 0.4) is 0 Å². The van der Waals surface area contributed by atoms with E-state index >= 15 is 0 Å². The average Bonchev–Trinajstić information content (AvgIpc) is 3.37. The smallest absolute Gasteiger partial charge is 0.186 e. The molecule has 0 radical (unpaired) electrons. The Morgan fingerprint density at radius 3 is 1.64 bits per heavy atom. The summed E-state index contributed by atoms with van der Waals surface area (Å²) in [6.45, 7) is -0.169. The maximum atomic E-state index is 10.2. The second kappa shape index (κ2) is 13.1. The van der Waals surface area contributed by atoms with Gasteiger partial charge in [0.25, 0.3) is 0 Å². The molecule has 9 heteroatoms. The summed E-state index contributed by atoms with van der Waals surface area (Å²) in [5, 5.41) is 48.7. The van der Waals surface area contributed by atoms with Gasteiger partial charge in [0.15, 0.2) is 6.29 Å². The van der Waals surface area contributed by atoms with E-state index in [9.17, 15) is 25.5 Å². The molecular weight excluding hydrogens is 564 g/mol. The van der Waals surface area contributed by atoms with Crippen LogP contribution in [0.2, 0.25) is 0 Å². The highest BCUT2D eigenvalue weighted by atomic mass is 16.7. The summed E-state index contributed by atoms with van der Waals surface area (Å²) in [6, 6.07) is 32.8. The first-order chi connectivity index (χ1) is 21.5. The Morgan fingerprint density at radius 2 is 1.11 bits per heavy atom. The van der Waals surface area contributed by atoms with Crippen LogP contribution in [0.5, 0.6) is 11.5 Å². The molecule has 6 rings (SSSR count). The molecule has 0 spiro atoms. The highest BCUT2D eigenvalue weighted by molar-refractivity contribution is 5.86. The molecule has 4 aromatic rings. The summed E-state index contributed by atoms with van der Waals surface area (Å²) in [5.74, 6) is 1.31. The molecule has 0 bridgehead atoms. The van der Waals surface area contributed by atoms with Gasteiger partial charge < -0.3 is 44.5 Å². The maximum absolute atomic E-state index is 10.2. The van der Waals surface area contributed by atoms with Crippen molar-refractivity contribution >= 4 is 0 Å². The zero-order valence-corrected chi connectivity index (χ0v) is 24.0. The fourth-order valence-corrected chi connectivity index (χ4v) is 6.32. The van der Waals surface area contributed by atoms with Crippen molar-refractivity contribution in [1.82, 2.24) is 0 Å². The molecule has 1 unspecified atom stereocenters. The highest BCUT2D eigenvalue weighted by Gasteiger charge is 2.46. The maximum Gasteiger partial charge on any atom is 0.186 e. The molecule has 1 aliphatic carbocycles. The standard InChI is InChI=1S/C35H36O9/c36-17-18-41-24-13-9-22(10-14-24)35(28-7-3-1-5-26(28)27-6-2-4-8-29(27)35)23-11-15-25(16-12-23)42-19-20-43-34-33(40)32(39)31(38)30(21-37)44-34/h1-16,30-34,36-40H,17-21H2/t30-,31-,32+,33-,34?/m1/s1. The van der Waals surface area contributed by atoms with E-state index in [0.717, 1.165) is 11.1 Å². The van der Waals surface area contributed by atoms with Gasteiger partial charge in [0.2, 0.25) is 0 Å². The van der Waals surface area contributed by atoms with Gasteiger partial charge in [-0.3, -0.25) is 0 Å². The Labute approximate surface area is 255 Å². The van der Waals surface area contributed by atoms with Crippen molar-refractivity contribution < 1.29 is 44.5 Å². The average molecular weight is 601 g/mol. The van der Waals surface area contributed by atoms with E-state index < -0.39 is 42.7 Å². The van der Waals surface area contributed by atoms with Gasteiger partial charge in [0, 0.05) is 0 Å². The number of aliphatic hydroxyl groups is 5. The van der Waals surface area contributed by atoms with Gasteiger partial charge >= 0.3 is 0 Å². The number of fused-ring (bicyclic) bond motifs is 3. The summed E-state index contributed by atoms with van der Waals surface area (Å²) in [4.78, 5) is 0. The van der Waals surface area contributed by atoms with Crippen LogP contribution in [0.1, 0.15) is 22.3 Å². The second-order valence-corrected chi connectivity index (χ2v) is 10.9. The van der Waals surface area contributed by atoms with Crippen molar-refractivity contribution in [3.8, 4) is 22.6 Å². The molecule has 0 amide bonds. The normalized spacial score (nSPS) is 23.5. The Hall–Kier alpha value is -3.80. The number of hydrogen-bond donors (Lipinski definition) is 5. The lowest BCUT2D eigenvalue weighted by Crippen LogP contribution is -2.59. The van der Waals surface area contributed by atoms with E-state index in [1.165, 1.54) is 22.3 Å². The number of aliphatic hydroxyl groups excluding tert-OH is 5. The largest absolute Gasteiger partial charge is 0.491 e. The van der Waals surface area contributed by atoms with Gasteiger partial charge in [0.1, 0.15) is 49.1 Å². The molecule has 1 heterocycles. The topological polar surface area (TPSA) is 138 Å². The molecule has 1 fully saturated rings. The van der Waals surface area contributed by atoms with Crippen molar-refractivity contribution in [1.29, 1.82) is 0 Å². The predicted molar refractivity (Wildman–Crippen MR) is 162 cm³/mol. The lowest BCUT2D eigenvalue weighted by Gasteiger charge is -2.39. The molecule has 44 heavy (non-hydrogen) atoms. The minimum Gasteiger partial charge on any atom is -0.491 e. The molecule has 2 aliphatic rings. The van der Waals surface area contributed by atoms with Crippen LogP contribution in [0.25, 0.3) is 11.1 Å². The van der Waals surface area contributed by atoms with Crippen LogP contribution in [-0.2, 0) is 14.9 Å². The zero-order valence-electron chi connectivity index (χ0n) is 24.0. The van der Waals surface area contributed by atoms with E-state index in [1.807, 2.05) is 24.3 Å². The van der Waals surface area contributed by atoms with E-state index in [-0.39, 0.29) is 26.4 Å². The van der Waals surface area contributed by atoms with Gasteiger partial charge in [-0.2, -0.15) is 0 Å². The number of ether oxygens (including phenoxy) is 4. The van der Waals surface area contributed by atoms with Crippen LogP contribution in [-0.4, -0.2) is 89.3 Å². The SMILES string of the molecule is OCCOc1ccc(C2(c3ccc(OCCOC4O[C@H](CO)[C@@H](O)[C@H](O)[C@H]4O)cc3)c3ccccc3-c3ccccc32)cc1. The lowest BCUT2D eigenvalue weighted by atomic mass is 9.68. The van der Waals surface area contributed by atoms with Crippen molar-refractivity contribution in [2.75, 3.05) is 33.0 Å². The van der Waals surface area contributed by atoms with Gasteiger partial charge in [-0.25, -0.2) is 0 Å². The summed E-state index contributed by atoms with van der Waals surface area (Å²) < 4.78 is 22.5. The first kappa shape index (κ1) is 30.2. The molecule has 1 saturated heterocycles. The molecular formula is C35H36O9. The Balaban J connectivity index is 1.25. The molecule has 230 valence electrons. The van der Waals surface area contributed by atoms with Crippen LogP contribution < -0.4 is 9.47 Å². The predicted octanol–water partition coefficient (Wildman–Crippen LogP) is 2.62. The van der Waals surface area contributed by atoms with E-state index in [1.54, 1.807) is 0 Å². The van der Waals surface area contributed by atoms with Crippen LogP contribution in [0, 0.1) is 0 Å². The highest BCUT2D eigenvalue weighted by Crippen LogP contribution is 2.56. The summed E-state index contributed by atoms with van der Waals surface area (Å²) in [5.41, 5.74) is 6.24. The fraction of sp³-hybridized carbons (Fsp3) is 0.314. The molecule has 5 N–H and O–H groups in total. The van der Waals surface area contributed by atoms with Gasteiger partial charge in [-0.05, 0) is 57.6 Å². The molecule has 0 saturated carbocycles. The van der Waals surface area contributed by atoms with Crippen LogP contribution in [0.15, 0.2) is 97.1 Å². The minimum atomic E-state index is -1.50. The summed E-state index contributed by atoms with van der Waals surface area (Å²) >= 11 is 0. The number of rotatable bonds is 11. The molecule has 9 nitrogen and oxygen atoms in total. The van der Waals surface area contributed by atoms with Crippen LogP contribution in [0.4, 0.5) is 0 Å². The number of hydrogen-bond acceptors (Lipinski definition) is 9. The molecule has 5 atom stereocenters. The summed E-state index contributed by atoms with van der Waals surface area (Å²) in [6.07, 6.45) is -6.64. The third-order valence-electron chi connectivity index (χ3n) is 8.37. The first-order valence-electron chi connectivity index (χ1n) is 14.7. The Morgan fingerprint density at radius 1 is 0.591 bits per heavy atom. The van der Waals surface area contributed by atoms with Crippen LogP contribution >= 0.6 is 0 Å². The summed E-state index contributed by atoms with van der Waals surface area (Å²) in [7, 11) is 0. The Kier molecular flexibility index (Phi) is 8.97. The Bertz CT molecular complexity index is 1490. The quantitative estimate of drug-likeness (QED) is 0.145.